The van der Waals surface area contributed by atoms with Crippen molar-refractivity contribution < 1.29 is 14.6 Å². The van der Waals surface area contributed by atoms with Gasteiger partial charge in [0.05, 0.1) is 12.2 Å². The van der Waals surface area contributed by atoms with Gasteiger partial charge in [-0.15, -0.1) is 0 Å². The fraction of sp³-hybridized carbons (Fsp3) is 0.533. The summed E-state index contributed by atoms with van der Waals surface area (Å²) in [6, 6.07) is 5.40. The molecule has 0 heterocycles. The Morgan fingerprint density at radius 1 is 1.42 bits per heavy atom. The molecule has 4 nitrogen and oxygen atoms in total. The summed E-state index contributed by atoms with van der Waals surface area (Å²) in [5.41, 5.74) is 0.669. The van der Waals surface area contributed by atoms with Crippen LogP contribution in [0.2, 0.25) is 0 Å². The number of carbonyl (C=O) groups excluding carboxylic acids is 1. The highest BCUT2D eigenvalue weighted by Crippen LogP contribution is 2.20. The molecule has 1 rings (SSSR count). The van der Waals surface area contributed by atoms with Crippen molar-refractivity contribution in [3.63, 3.8) is 0 Å². The van der Waals surface area contributed by atoms with Gasteiger partial charge in [0.1, 0.15) is 5.75 Å². The first kappa shape index (κ1) is 15.5. The molecular weight excluding hydrogens is 242 g/mol. The highest BCUT2D eigenvalue weighted by molar-refractivity contribution is 5.94. The molecule has 0 atom stereocenters. The van der Waals surface area contributed by atoms with Crippen LogP contribution in [0.15, 0.2) is 18.2 Å². The number of aliphatic hydroxyl groups is 1. The maximum atomic E-state index is 12.2. The number of rotatable bonds is 5. The van der Waals surface area contributed by atoms with Crippen molar-refractivity contribution in [3.05, 3.63) is 29.3 Å². The number of hydrogen-bond acceptors (Lipinski definition) is 3. The second-order valence-corrected chi connectivity index (χ2v) is 5.39. The monoisotopic (exact) mass is 265 g/mol. The molecule has 0 bridgehead atoms. The van der Waals surface area contributed by atoms with E-state index in [1.807, 2.05) is 19.9 Å². The molecule has 0 saturated heterocycles. The van der Waals surface area contributed by atoms with Crippen molar-refractivity contribution in [2.45, 2.75) is 33.3 Å². The molecule has 0 aliphatic carbocycles. The van der Waals surface area contributed by atoms with Crippen LogP contribution in [-0.2, 0) is 0 Å². The van der Waals surface area contributed by atoms with Gasteiger partial charge in [-0.05, 0) is 45.4 Å². The highest BCUT2D eigenvalue weighted by atomic mass is 16.5. The van der Waals surface area contributed by atoms with E-state index in [0.717, 1.165) is 11.3 Å². The molecule has 0 spiro atoms. The first-order valence-corrected chi connectivity index (χ1v) is 6.46. The van der Waals surface area contributed by atoms with Crippen LogP contribution in [0.25, 0.3) is 0 Å². The number of hydrogen-bond donors (Lipinski definition) is 1. The van der Waals surface area contributed by atoms with Gasteiger partial charge in [0, 0.05) is 19.2 Å². The van der Waals surface area contributed by atoms with Gasteiger partial charge < -0.3 is 14.7 Å². The molecule has 0 aliphatic rings. The second kappa shape index (κ2) is 6.06. The van der Waals surface area contributed by atoms with E-state index in [4.69, 9.17) is 4.74 Å². The Morgan fingerprint density at radius 3 is 2.58 bits per heavy atom. The van der Waals surface area contributed by atoms with Crippen LogP contribution in [-0.4, -0.2) is 41.7 Å². The molecule has 0 aromatic heterocycles. The predicted octanol–water partition coefficient (Wildman–Crippen LogP) is 2.24. The number of nitrogens with zero attached hydrogens (tertiary/aromatic N) is 1. The third-order valence-electron chi connectivity index (χ3n) is 2.71. The number of ether oxygens (including phenoxy) is 1. The van der Waals surface area contributed by atoms with Crippen LogP contribution in [0, 0.1) is 6.92 Å². The van der Waals surface area contributed by atoms with Crippen molar-refractivity contribution >= 4 is 5.91 Å². The number of likely N-dealkylation sites (N-methyl/N-ethyl adjacent to an activating group) is 1. The first-order chi connectivity index (χ1) is 8.74. The fourth-order valence-corrected chi connectivity index (χ4v) is 1.92. The van der Waals surface area contributed by atoms with E-state index in [2.05, 4.69) is 0 Å². The lowest BCUT2D eigenvalue weighted by atomic mass is 10.1. The van der Waals surface area contributed by atoms with Crippen molar-refractivity contribution in [1.29, 1.82) is 0 Å². The summed E-state index contributed by atoms with van der Waals surface area (Å²) in [6.45, 7) is 8.06. The first-order valence-electron chi connectivity index (χ1n) is 6.46. The second-order valence-electron chi connectivity index (χ2n) is 5.39. The molecule has 0 aliphatic heterocycles. The van der Waals surface area contributed by atoms with Gasteiger partial charge in [0.2, 0.25) is 0 Å². The van der Waals surface area contributed by atoms with E-state index in [-0.39, 0.29) is 12.5 Å². The Kier molecular flexibility index (Phi) is 4.95. The summed E-state index contributed by atoms with van der Waals surface area (Å²) in [6.07, 6.45) is 0. The van der Waals surface area contributed by atoms with Crippen molar-refractivity contribution in [1.82, 2.24) is 4.90 Å². The van der Waals surface area contributed by atoms with Crippen LogP contribution in [0.3, 0.4) is 0 Å². The number of aryl methyl sites for hydroxylation is 1. The van der Waals surface area contributed by atoms with Crippen molar-refractivity contribution in [2.24, 2.45) is 0 Å². The normalized spacial score (nSPS) is 11.3. The summed E-state index contributed by atoms with van der Waals surface area (Å²) in [4.78, 5) is 13.8. The molecule has 0 radical (unpaired) electrons. The predicted molar refractivity (Wildman–Crippen MR) is 75.6 cm³/mol. The SMILES string of the molecule is CCOc1cc(C(=O)N(C)CC(C)(C)O)ccc1C. The molecule has 0 saturated carbocycles. The van der Waals surface area contributed by atoms with Gasteiger partial charge in [0.15, 0.2) is 0 Å². The van der Waals surface area contributed by atoms with Crippen molar-refractivity contribution in [3.8, 4) is 5.75 Å². The zero-order valence-electron chi connectivity index (χ0n) is 12.4. The maximum absolute atomic E-state index is 12.2. The maximum Gasteiger partial charge on any atom is 0.253 e. The Hall–Kier alpha value is -1.55. The fourth-order valence-electron chi connectivity index (χ4n) is 1.92. The lowest BCUT2D eigenvalue weighted by Crippen LogP contribution is -2.39. The number of carbonyl (C=O) groups is 1. The lowest BCUT2D eigenvalue weighted by Gasteiger charge is -2.25. The average Bonchev–Trinajstić information content (AvgIpc) is 2.29. The van der Waals surface area contributed by atoms with Gasteiger partial charge in [-0.3, -0.25) is 4.79 Å². The molecule has 106 valence electrons. The van der Waals surface area contributed by atoms with Gasteiger partial charge in [-0.25, -0.2) is 0 Å². The van der Waals surface area contributed by atoms with Gasteiger partial charge >= 0.3 is 0 Å². The average molecular weight is 265 g/mol. The highest BCUT2D eigenvalue weighted by Gasteiger charge is 2.20. The van der Waals surface area contributed by atoms with E-state index in [9.17, 15) is 9.90 Å². The smallest absolute Gasteiger partial charge is 0.253 e. The molecule has 0 fully saturated rings. The molecule has 1 aromatic carbocycles. The summed E-state index contributed by atoms with van der Waals surface area (Å²) >= 11 is 0. The Labute approximate surface area is 115 Å². The Morgan fingerprint density at radius 2 is 2.05 bits per heavy atom. The lowest BCUT2D eigenvalue weighted by molar-refractivity contribution is 0.0367. The van der Waals surface area contributed by atoms with Gasteiger partial charge in [0.25, 0.3) is 5.91 Å². The third-order valence-corrected chi connectivity index (χ3v) is 2.71. The summed E-state index contributed by atoms with van der Waals surface area (Å²) in [5.74, 6) is 0.605. The van der Waals surface area contributed by atoms with Crippen LogP contribution in [0.5, 0.6) is 5.75 Å². The van der Waals surface area contributed by atoms with E-state index < -0.39 is 5.60 Å². The van der Waals surface area contributed by atoms with Crippen LogP contribution >= 0.6 is 0 Å². The molecule has 1 amide bonds. The zero-order chi connectivity index (χ0) is 14.6. The molecule has 1 N–H and O–H groups in total. The number of amides is 1. The largest absolute Gasteiger partial charge is 0.494 e. The third kappa shape index (κ3) is 4.56. The zero-order valence-corrected chi connectivity index (χ0v) is 12.4. The Balaban J connectivity index is 2.90. The van der Waals surface area contributed by atoms with Crippen LogP contribution < -0.4 is 4.74 Å². The minimum atomic E-state index is -0.905. The summed E-state index contributed by atoms with van der Waals surface area (Å²) < 4.78 is 5.49. The molecule has 19 heavy (non-hydrogen) atoms. The van der Waals surface area contributed by atoms with Crippen molar-refractivity contribution in [2.75, 3.05) is 20.2 Å². The summed E-state index contributed by atoms with van der Waals surface area (Å²) in [5, 5.41) is 9.75. The Bertz CT molecular complexity index is 449. The van der Waals surface area contributed by atoms with E-state index in [1.54, 1.807) is 33.0 Å². The van der Waals surface area contributed by atoms with Crippen LogP contribution in [0.4, 0.5) is 0 Å². The molecular formula is C15H23NO3. The van der Waals surface area contributed by atoms with E-state index >= 15 is 0 Å². The molecule has 4 heteroatoms. The molecule has 1 aromatic rings. The van der Waals surface area contributed by atoms with Gasteiger partial charge in [-0.2, -0.15) is 0 Å². The van der Waals surface area contributed by atoms with Gasteiger partial charge in [-0.1, -0.05) is 6.07 Å². The minimum absolute atomic E-state index is 0.122. The summed E-state index contributed by atoms with van der Waals surface area (Å²) in [7, 11) is 1.68. The van der Waals surface area contributed by atoms with E-state index in [0.29, 0.717) is 12.2 Å². The van der Waals surface area contributed by atoms with Crippen LogP contribution in [0.1, 0.15) is 36.7 Å². The quantitative estimate of drug-likeness (QED) is 0.888. The molecule has 0 unspecified atom stereocenters. The number of benzene rings is 1. The minimum Gasteiger partial charge on any atom is -0.494 e. The standard InChI is InChI=1S/C15H23NO3/c1-6-19-13-9-12(8-7-11(13)2)14(17)16(5)10-15(3,4)18/h7-9,18H,6,10H2,1-5H3. The topological polar surface area (TPSA) is 49.8 Å². The van der Waals surface area contributed by atoms with E-state index in [1.165, 1.54) is 4.90 Å².